The van der Waals surface area contributed by atoms with E-state index in [4.69, 9.17) is 4.42 Å². The summed E-state index contributed by atoms with van der Waals surface area (Å²) >= 11 is 0. The van der Waals surface area contributed by atoms with Gasteiger partial charge in [-0.15, -0.1) is 0 Å². The third-order valence-corrected chi connectivity index (χ3v) is 2.86. The molecule has 0 aliphatic carbocycles. The Morgan fingerprint density at radius 3 is 2.33 bits per heavy atom. The summed E-state index contributed by atoms with van der Waals surface area (Å²) in [6.45, 7) is 7.63. The number of nitrogens with one attached hydrogen (secondary N) is 2. The number of furan rings is 1. The molecule has 1 aromatic heterocycles. The molecular weight excluding hydrogens is 232 g/mol. The van der Waals surface area contributed by atoms with E-state index in [-0.39, 0.29) is 23.6 Å². The zero-order chi connectivity index (χ0) is 13.7. The van der Waals surface area contributed by atoms with Gasteiger partial charge in [0.1, 0.15) is 6.04 Å². The van der Waals surface area contributed by atoms with Crippen molar-refractivity contribution in [1.29, 1.82) is 0 Å². The average Bonchev–Trinajstić information content (AvgIpc) is 2.81. The molecule has 0 fully saturated rings. The molecule has 5 heteroatoms. The second-order valence-corrected chi connectivity index (χ2v) is 4.71. The highest BCUT2D eigenvalue weighted by Crippen LogP contribution is 2.02. The molecule has 100 valence electrons. The number of carbonyl (C=O) groups excluding carboxylic acids is 2. The number of carbonyl (C=O) groups is 2. The Hall–Kier alpha value is -1.78. The quantitative estimate of drug-likeness (QED) is 0.835. The lowest BCUT2D eigenvalue weighted by molar-refractivity contribution is -0.123. The first-order valence-corrected chi connectivity index (χ1v) is 6.06. The molecule has 0 spiro atoms. The lowest BCUT2D eigenvalue weighted by Gasteiger charge is -2.20. The largest absolute Gasteiger partial charge is 0.459 e. The zero-order valence-electron chi connectivity index (χ0n) is 11.2. The van der Waals surface area contributed by atoms with Gasteiger partial charge in [-0.2, -0.15) is 0 Å². The van der Waals surface area contributed by atoms with Crippen LogP contribution in [0.5, 0.6) is 0 Å². The highest BCUT2D eigenvalue weighted by Gasteiger charge is 2.20. The van der Waals surface area contributed by atoms with Crippen LogP contribution in [-0.4, -0.2) is 23.9 Å². The van der Waals surface area contributed by atoms with E-state index < -0.39 is 6.04 Å². The van der Waals surface area contributed by atoms with E-state index in [1.807, 2.05) is 20.8 Å². The summed E-state index contributed by atoms with van der Waals surface area (Å²) in [5, 5.41) is 5.43. The third-order valence-electron chi connectivity index (χ3n) is 2.86. The molecule has 5 nitrogen and oxygen atoms in total. The van der Waals surface area contributed by atoms with E-state index in [1.165, 1.54) is 6.26 Å². The zero-order valence-corrected chi connectivity index (χ0v) is 11.2. The molecule has 0 aliphatic rings. The van der Waals surface area contributed by atoms with E-state index in [0.717, 1.165) is 0 Å². The van der Waals surface area contributed by atoms with Gasteiger partial charge < -0.3 is 15.1 Å². The highest BCUT2D eigenvalue weighted by molar-refractivity contribution is 5.95. The molecule has 1 rings (SSSR count). The molecule has 0 bridgehead atoms. The maximum atomic E-state index is 11.8. The van der Waals surface area contributed by atoms with E-state index in [0.29, 0.717) is 5.92 Å². The molecule has 0 radical (unpaired) electrons. The average molecular weight is 252 g/mol. The number of hydrogen-bond donors (Lipinski definition) is 2. The van der Waals surface area contributed by atoms with Gasteiger partial charge in [0.25, 0.3) is 5.91 Å². The lowest BCUT2D eigenvalue weighted by Crippen LogP contribution is -2.48. The Labute approximate surface area is 107 Å². The predicted octanol–water partition coefficient (Wildman–Crippen LogP) is 1.56. The molecule has 1 heterocycles. The van der Waals surface area contributed by atoms with E-state index in [2.05, 4.69) is 10.6 Å². The van der Waals surface area contributed by atoms with Crippen molar-refractivity contribution in [3.63, 3.8) is 0 Å². The van der Waals surface area contributed by atoms with Crippen molar-refractivity contribution in [3.05, 3.63) is 24.2 Å². The molecule has 0 aliphatic heterocycles. The van der Waals surface area contributed by atoms with Crippen molar-refractivity contribution in [3.8, 4) is 0 Å². The summed E-state index contributed by atoms with van der Waals surface area (Å²) in [6.07, 6.45) is 1.42. The van der Waals surface area contributed by atoms with Crippen LogP contribution in [0.4, 0.5) is 0 Å². The molecule has 0 saturated carbocycles. The summed E-state index contributed by atoms with van der Waals surface area (Å²) in [5.41, 5.74) is 0. The van der Waals surface area contributed by atoms with Gasteiger partial charge in [-0.1, -0.05) is 13.8 Å². The topological polar surface area (TPSA) is 71.3 Å². The molecule has 18 heavy (non-hydrogen) atoms. The van der Waals surface area contributed by atoms with Crippen molar-refractivity contribution in [2.45, 2.75) is 39.8 Å². The predicted molar refractivity (Wildman–Crippen MR) is 68.1 cm³/mol. The van der Waals surface area contributed by atoms with Crippen molar-refractivity contribution in [2.24, 2.45) is 5.92 Å². The minimum atomic E-state index is -0.594. The lowest BCUT2D eigenvalue weighted by atomic mass is 10.1. The summed E-state index contributed by atoms with van der Waals surface area (Å²) in [5.74, 6) is -0.0376. The Morgan fingerprint density at radius 2 is 1.83 bits per heavy atom. The summed E-state index contributed by atoms with van der Waals surface area (Å²) in [7, 11) is 0. The van der Waals surface area contributed by atoms with Crippen molar-refractivity contribution >= 4 is 11.8 Å². The van der Waals surface area contributed by atoms with Crippen LogP contribution in [-0.2, 0) is 4.79 Å². The number of amides is 2. The van der Waals surface area contributed by atoms with Gasteiger partial charge in [0.05, 0.1) is 6.26 Å². The molecule has 1 aromatic rings. The van der Waals surface area contributed by atoms with Crippen LogP contribution >= 0.6 is 0 Å². The second-order valence-electron chi connectivity index (χ2n) is 4.71. The third kappa shape index (κ3) is 3.91. The number of rotatable bonds is 5. The van der Waals surface area contributed by atoms with Gasteiger partial charge in [-0.05, 0) is 31.9 Å². The highest BCUT2D eigenvalue weighted by atomic mass is 16.3. The molecular formula is C13H20N2O3. The van der Waals surface area contributed by atoms with Crippen LogP contribution in [0.3, 0.4) is 0 Å². The van der Waals surface area contributed by atoms with E-state index >= 15 is 0 Å². The van der Waals surface area contributed by atoms with Gasteiger partial charge in [0.15, 0.2) is 5.76 Å². The van der Waals surface area contributed by atoms with Gasteiger partial charge in [-0.25, -0.2) is 0 Å². The Bertz CT molecular complexity index is 398. The first-order chi connectivity index (χ1) is 8.41. The smallest absolute Gasteiger partial charge is 0.287 e. The first-order valence-electron chi connectivity index (χ1n) is 6.06. The van der Waals surface area contributed by atoms with Crippen LogP contribution in [0.2, 0.25) is 0 Å². The molecule has 2 unspecified atom stereocenters. The second kappa shape index (κ2) is 6.23. The number of hydrogen-bond acceptors (Lipinski definition) is 3. The molecule has 0 saturated heterocycles. The fourth-order valence-electron chi connectivity index (χ4n) is 1.26. The first kappa shape index (κ1) is 14.3. The fraction of sp³-hybridized carbons (Fsp3) is 0.538. The van der Waals surface area contributed by atoms with Crippen molar-refractivity contribution in [2.75, 3.05) is 0 Å². The van der Waals surface area contributed by atoms with E-state index in [9.17, 15) is 9.59 Å². The maximum absolute atomic E-state index is 11.8. The SMILES string of the molecule is CC(NC(=O)c1ccco1)C(=O)NC(C)C(C)C. The molecule has 0 aromatic carbocycles. The van der Waals surface area contributed by atoms with Crippen LogP contribution in [0.15, 0.2) is 22.8 Å². The molecule has 2 N–H and O–H groups in total. The van der Waals surface area contributed by atoms with Crippen LogP contribution in [0, 0.1) is 5.92 Å². The normalized spacial score (nSPS) is 14.1. The van der Waals surface area contributed by atoms with Gasteiger partial charge in [0, 0.05) is 6.04 Å². The fourth-order valence-corrected chi connectivity index (χ4v) is 1.26. The Kier molecular flexibility index (Phi) is 4.95. The van der Waals surface area contributed by atoms with Gasteiger partial charge in [-0.3, -0.25) is 9.59 Å². The van der Waals surface area contributed by atoms with Crippen LogP contribution in [0.1, 0.15) is 38.2 Å². The van der Waals surface area contributed by atoms with E-state index in [1.54, 1.807) is 19.1 Å². The molecule has 2 amide bonds. The summed E-state index contributed by atoms with van der Waals surface area (Å²) < 4.78 is 4.95. The van der Waals surface area contributed by atoms with Crippen molar-refractivity contribution < 1.29 is 14.0 Å². The van der Waals surface area contributed by atoms with Crippen LogP contribution in [0.25, 0.3) is 0 Å². The Balaban J connectivity index is 2.47. The minimum Gasteiger partial charge on any atom is -0.459 e. The van der Waals surface area contributed by atoms with Crippen molar-refractivity contribution in [1.82, 2.24) is 10.6 Å². The summed E-state index contributed by atoms with van der Waals surface area (Å²) in [6, 6.07) is 2.65. The van der Waals surface area contributed by atoms with Crippen LogP contribution < -0.4 is 10.6 Å². The standard InChI is InChI=1S/C13H20N2O3/c1-8(2)9(3)14-12(16)10(4)15-13(17)11-6-5-7-18-11/h5-10H,1-4H3,(H,14,16)(H,15,17). The van der Waals surface area contributed by atoms with Gasteiger partial charge in [0.2, 0.25) is 5.91 Å². The molecule has 2 atom stereocenters. The summed E-state index contributed by atoms with van der Waals surface area (Å²) in [4.78, 5) is 23.5. The van der Waals surface area contributed by atoms with Gasteiger partial charge >= 0.3 is 0 Å². The maximum Gasteiger partial charge on any atom is 0.287 e. The minimum absolute atomic E-state index is 0.0699. The Morgan fingerprint density at radius 1 is 1.17 bits per heavy atom. The monoisotopic (exact) mass is 252 g/mol.